The molecule has 1 amide bonds. The van der Waals surface area contributed by atoms with E-state index < -0.39 is 11.2 Å². The number of H-pyrrole nitrogens is 1. The average Bonchev–Trinajstić information content (AvgIpc) is 2.65. The van der Waals surface area contributed by atoms with Crippen molar-refractivity contribution in [2.45, 2.75) is 46.1 Å². The maximum atomic E-state index is 12.5. The zero-order valence-corrected chi connectivity index (χ0v) is 16.0. The van der Waals surface area contributed by atoms with Crippen LogP contribution in [0.5, 0.6) is 0 Å². The van der Waals surface area contributed by atoms with Gasteiger partial charge in [0.15, 0.2) is 11.2 Å². The fourth-order valence-corrected chi connectivity index (χ4v) is 3.01. The lowest BCUT2D eigenvalue weighted by Gasteiger charge is -2.10. The van der Waals surface area contributed by atoms with Gasteiger partial charge in [0.25, 0.3) is 5.56 Å². The van der Waals surface area contributed by atoms with Crippen molar-refractivity contribution in [3.05, 3.63) is 51.2 Å². The first-order valence-electron chi connectivity index (χ1n) is 9.30. The maximum Gasteiger partial charge on any atom is 0.330 e. The van der Waals surface area contributed by atoms with E-state index in [1.807, 2.05) is 6.92 Å². The molecule has 3 rings (SSSR count). The molecule has 0 aliphatic heterocycles. The van der Waals surface area contributed by atoms with Gasteiger partial charge >= 0.3 is 5.69 Å². The molecule has 0 fully saturated rings. The van der Waals surface area contributed by atoms with Crippen molar-refractivity contribution in [1.82, 2.24) is 19.5 Å². The van der Waals surface area contributed by atoms with Crippen LogP contribution in [0.25, 0.3) is 22.2 Å². The summed E-state index contributed by atoms with van der Waals surface area (Å²) in [6, 6.07) is 3.48. The fraction of sp³-hybridized carbons (Fsp3) is 0.350. The van der Waals surface area contributed by atoms with Gasteiger partial charge in [0, 0.05) is 18.7 Å². The Morgan fingerprint density at radius 1 is 1.25 bits per heavy atom. The van der Waals surface area contributed by atoms with E-state index >= 15 is 0 Å². The SMILES string of the molecule is C=CCn1c(=O)[nH]c2nc3cc(NC(=O)CCCCC)c(C)cc3nc2c1=O. The Hall–Kier alpha value is -3.29. The van der Waals surface area contributed by atoms with Crippen LogP contribution in [-0.2, 0) is 11.3 Å². The molecule has 0 saturated heterocycles. The zero-order valence-electron chi connectivity index (χ0n) is 16.0. The highest BCUT2D eigenvalue weighted by Gasteiger charge is 2.13. The Morgan fingerprint density at radius 2 is 2.00 bits per heavy atom. The molecule has 0 aliphatic carbocycles. The predicted molar refractivity (Wildman–Crippen MR) is 110 cm³/mol. The Balaban J connectivity index is 2.04. The van der Waals surface area contributed by atoms with E-state index in [0.29, 0.717) is 23.1 Å². The van der Waals surface area contributed by atoms with Gasteiger partial charge in [-0.15, -0.1) is 6.58 Å². The van der Waals surface area contributed by atoms with Gasteiger partial charge in [-0.2, -0.15) is 0 Å². The van der Waals surface area contributed by atoms with Crippen LogP contribution >= 0.6 is 0 Å². The fourth-order valence-electron chi connectivity index (χ4n) is 3.01. The third-order valence-corrected chi connectivity index (χ3v) is 4.52. The van der Waals surface area contributed by atoms with Gasteiger partial charge in [-0.25, -0.2) is 14.8 Å². The molecular weight excluding hydrogens is 358 g/mol. The van der Waals surface area contributed by atoms with E-state index in [2.05, 4.69) is 33.8 Å². The number of carbonyl (C=O) groups is 1. The molecule has 0 atom stereocenters. The number of amides is 1. The number of aryl methyl sites for hydroxylation is 1. The molecule has 0 aliphatic rings. The molecule has 0 unspecified atom stereocenters. The summed E-state index contributed by atoms with van der Waals surface area (Å²) in [5.74, 6) is -0.0506. The van der Waals surface area contributed by atoms with E-state index in [9.17, 15) is 14.4 Å². The quantitative estimate of drug-likeness (QED) is 0.371. The Kier molecular flexibility index (Phi) is 5.67. The summed E-state index contributed by atoms with van der Waals surface area (Å²) in [5.41, 5.74) is 1.59. The van der Waals surface area contributed by atoms with Gasteiger partial charge in [-0.3, -0.25) is 19.1 Å². The number of allylic oxidation sites excluding steroid dienone is 1. The van der Waals surface area contributed by atoms with Gasteiger partial charge in [-0.05, 0) is 31.0 Å². The van der Waals surface area contributed by atoms with E-state index in [-0.39, 0.29) is 23.6 Å². The number of carbonyl (C=O) groups excluding carboxylic acids is 1. The van der Waals surface area contributed by atoms with Gasteiger partial charge in [-0.1, -0.05) is 25.8 Å². The predicted octanol–water partition coefficient (Wildman–Crippen LogP) is 2.65. The smallest absolute Gasteiger partial charge is 0.326 e. The van der Waals surface area contributed by atoms with Gasteiger partial charge in [0.2, 0.25) is 5.91 Å². The summed E-state index contributed by atoms with van der Waals surface area (Å²) in [4.78, 5) is 48.1. The van der Waals surface area contributed by atoms with Crippen LogP contribution in [0.3, 0.4) is 0 Å². The van der Waals surface area contributed by atoms with Crippen molar-refractivity contribution in [2.75, 3.05) is 5.32 Å². The standard InChI is InChI=1S/C20H23N5O3/c1-4-6-7-8-16(26)21-13-11-15-14(10-12(13)3)22-17-18(23-15)24-20(28)25(9-5-2)19(17)27/h5,10-11H,2,4,6-9H2,1,3H3,(H,21,26)(H,23,24,28). The number of hydrogen-bond donors (Lipinski definition) is 2. The Labute approximate surface area is 161 Å². The van der Waals surface area contributed by atoms with E-state index in [0.717, 1.165) is 29.4 Å². The number of fused-ring (bicyclic) bond motifs is 2. The van der Waals surface area contributed by atoms with Crippen molar-refractivity contribution in [3.8, 4) is 0 Å². The van der Waals surface area contributed by atoms with Crippen LogP contribution in [0.15, 0.2) is 34.4 Å². The topological polar surface area (TPSA) is 110 Å². The molecule has 146 valence electrons. The molecule has 3 aromatic rings. The summed E-state index contributed by atoms with van der Waals surface area (Å²) < 4.78 is 1.02. The van der Waals surface area contributed by atoms with E-state index in [1.54, 1.807) is 12.1 Å². The normalized spacial score (nSPS) is 11.1. The second-order valence-electron chi connectivity index (χ2n) is 6.72. The number of rotatable bonds is 7. The number of hydrogen-bond acceptors (Lipinski definition) is 5. The first-order chi connectivity index (χ1) is 13.4. The molecule has 0 saturated carbocycles. The molecule has 2 N–H and O–H groups in total. The lowest BCUT2D eigenvalue weighted by molar-refractivity contribution is -0.116. The van der Waals surface area contributed by atoms with Crippen molar-refractivity contribution < 1.29 is 4.79 Å². The molecule has 0 radical (unpaired) electrons. The largest absolute Gasteiger partial charge is 0.330 e. The number of anilines is 1. The van der Waals surface area contributed by atoms with E-state index in [1.165, 1.54) is 6.08 Å². The molecule has 0 bridgehead atoms. The molecule has 8 nitrogen and oxygen atoms in total. The van der Waals surface area contributed by atoms with Crippen LogP contribution < -0.4 is 16.6 Å². The first kappa shape index (κ1) is 19.5. The van der Waals surface area contributed by atoms with Crippen molar-refractivity contribution in [3.63, 3.8) is 0 Å². The number of benzene rings is 1. The molecular formula is C20H23N5O3. The monoisotopic (exact) mass is 381 g/mol. The highest BCUT2D eigenvalue weighted by molar-refractivity contribution is 5.95. The van der Waals surface area contributed by atoms with Crippen molar-refractivity contribution in [1.29, 1.82) is 0 Å². The number of unbranched alkanes of at least 4 members (excludes halogenated alkanes) is 2. The van der Waals surface area contributed by atoms with Gasteiger partial charge in [0.1, 0.15) is 0 Å². The second-order valence-corrected chi connectivity index (χ2v) is 6.72. The van der Waals surface area contributed by atoms with Crippen LogP contribution in [-0.4, -0.2) is 25.4 Å². The third-order valence-electron chi connectivity index (χ3n) is 4.52. The number of aromatic nitrogens is 4. The van der Waals surface area contributed by atoms with E-state index in [4.69, 9.17) is 0 Å². The first-order valence-corrected chi connectivity index (χ1v) is 9.30. The van der Waals surface area contributed by atoms with Crippen LogP contribution in [0.1, 0.15) is 38.2 Å². The van der Waals surface area contributed by atoms with Crippen LogP contribution in [0.2, 0.25) is 0 Å². The highest BCUT2D eigenvalue weighted by Crippen LogP contribution is 2.22. The third kappa shape index (κ3) is 3.85. The number of nitrogens with one attached hydrogen (secondary N) is 2. The summed E-state index contributed by atoms with van der Waals surface area (Å²) in [5, 5.41) is 2.90. The summed E-state index contributed by atoms with van der Waals surface area (Å²) >= 11 is 0. The number of nitrogens with zero attached hydrogens (tertiary/aromatic N) is 3. The lowest BCUT2D eigenvalue weighted by atomic mass is 10.1. The molecule has 8 heteroatoms. The molecule has 2 aromatic heterocycles. The summed E-state index contributed by atoms with van der Waals surface area (Å²) in [7, 11) is 0. The van der Waals surface area contributed by atoms with Crippen LogP contribution in [0.4, 0.5) is 5.69 Å². The minimum Gasteiger partial charge on any atom is -0.326 e. The second kappa shape index (κ2) is 8.16. The minimum atomic E-state index is -0.567. The minimum absolute atomic E-state index is 0.0506. The number of aromatic amines is 1. The Bertz CT molecular complexity index is 1180. The summed E-state index contributed by atoms with van der Waals surface area (Å²) in [6.45, 7) is 7.59. The average molecular weight is 381 g/mol. The Morgan fingerprint density at radius 3 is 2.71 bits per heavy atom. The summed E-state index contributed by atoms with van der Waals surface area (Å²) in [6.07, 6.45) is 4.84. The molecule has 28 heavy (non-hydrogen) atoms. The van der Waals surface area contributed by atoms with Crippen LogP contribution in [0, 0.1) is 6.92 Å². The van der Waals surface area contributed by atoms with Crippen molar-refractivity contribution in [2.24, 2.45) is 0 Å². The van der Waals surface area contributed by atoms with Gasteiger partial charge < -0.3 is 5.32 Å². The molecule has 0 spiro atoms. The maximum absolute atomic E-state index is 12.5. The van der Waals surface area contributed by atoms with Crippen molar-refractivity contribution >= 4 is 33.8 Å². The lowest BCUT2D eigenvalue weighted by Crippen LogP contribution is -2.35. The highest BCUT2D eigenvalue weighted by atomic mass is 16.2. The zero-order chi connectivity index (χ0) is 20.3. The van der Waals surface area contributed by atoms with Gasteiger partial charge in [0.05, 0.1) is 11.0 Å². The molecule has 2 heterocycles. The molecule has 1 aromatic carbocycles.